The number of aryl methyl sites for hydroxylation is 1. The molecule has 124 valence electrons. The molecule has 1 atom stereocenters. The number of hydrogen-bond acceptors (Lipinski definition) is 4. The molecule has 0 bridgehead atoms. The van der Waals surface area contributed by atoms with E-state index in [4.69, 9.17) is 4.74 Å². The molecule has 0 fully saturated rings. The zero-order valence-corrected chi connectivity index (χ0v) is 14.7. The van der Waals surface area contributed by atoms with E-state index in [1.807, 2.05) is 13.8 Å². The molecule has 6 heteroatoms. The third-order valence-electron chi connectivity index (χ3n) is 2.90. The minimum atomic E-state index is -3.75. The third-order valence-corrected chi connectivity index (χ3v) is 4.38. The molecule has 0 amide bonds. The molecule has 1 unspecified atom stereocenters. The lowest BCUT2D eigenvalue weighted by atomic mass is 10.1. The Kier molecular flexibility index (Phi) is 6.14. The zero-order chi connectivity index (χ0) is 17.0. The van der Waals surface area contributed by atoms with Gasteiger partial charge in [0.15, 0.2) is 0 Å². The lowest BCUT2D eigenvalue weighted by Gasteiger charge is -2.24. The molecule has 0 saturated heterocycles. The first kappa shape index (κ1) is 18.6. The van der Waals surface area contributed by atoms with Gasteiger partial charge in [-0.25, -0.2) is 8.42 Å². The van der Waals surface area contributed by atoms with E-state index in [1.165, 1.54) is 12.1 Å². The molecule has 1 N–H and O–H groups in total. The summed E-state index contributed by atoms with van der Waals surface area (Å²) in [7, 11) is -3.75. The van der Waals surface area contributed by atoms with Crippen molar-refractivity contribution in [1.29, 1.82) is 0 Å². The number of carbonyl (C=O) groups excluding carboxylic acids is 1. The van der Waals surface area contributed by atoms with E-state index in [0.717, 1.165) is 5.56 Å². The second kappa shape index (κ2) is 7.24. The van der Waals surface area contributed by atoms with Crippen molar-refractivity contribution in [2.75, 3.05) is 0 Å². The fourth-order valence-corrected chi connectivity index (χ4v) is 3.08. The Bertz CT molecular complexity index is 600. The molecule has 0 radical (unpaired) electrons. The van der Waals surface area contributed by atoms with Crippen LogP contribution in [0.2, 0.25) is 0 Å². The first-order valence-corrected chi connectivity index (χ1v) is 8.85. The molecular weight excluding hydrogens is 302 g/mol. The molecular formula is C16H25NO4S. The van der Waals surface area contributed by atoms with Crippen LogP contribution in [0.25, 0.3) is 0 Å². The third kappa shape index (κ3) is 5.77. The van der Waals surface area contributed by atoms with E-state index in [1.54, 1.807) is 32.9 Å². The van der Waals surface area contributed by atoms with Crippen molar-refractivity contribution in [2.24, 2.45) is 0 Å². The quantitative estimate of drug-likeness (QED) is 0.816. The Morgan fingerprint density at radius 3 is 2.23 bits per heavy atom. The molecule has 0 saturated carbocycles. The largest absolute Gasteiger partial charge is 0.459 e. The van der Waals surface area contributed by atoms with Crippen LogP contribution in [0.5, 0.6) is 0 Å². The second-order valence-electron chi connectivity index (χ2n) is 6.31. The highest BCUT2D eigenvalue weighted by atomic mass is 32.2. The zero-order valence-electron chi connectivity index (χ0n) is 13.8. The summed E-state index contributed by atoms with van der Waals surface area (Å²) in [6, 6.07) is 5.61. The highest BCUT2D eigenvalue weighted by Gasteiger charge is 2.29. The van der Waals surface area contributed by atoms with E-state index in [0.29, 0.717) is 12.8 Å². The van der Waals surface area contributed by atoms with Crippen molar-refractivity contribution >= 4 is 16.0 Å². The Labute approximate surface area is 133 Å². The maximum atomic E-state index is 12.4. The summed E-state index contributed by atoms with van der Waals surface area (Å²) < 4.78 is 32.5. The van der Waals surface area contributed by atoms with Crippen LogP contribution in [-0.2, 0) is 19.6 Å². The Hall–Kier alpha value is -1.40. The smallest absolute Gasteiger partial charge is 0.324 e. The lowest BCUT2D eigenvalue weighted by Crippen LogP contribution is -2.44. The predicted octanol–water partition coefficient (Wildman–Crippen LogP) is 2.78. The fraction of sp³-hybridized carbons (Fsp3) is 0.562. The van der Waals surface area contributed by atoms with Gasteiger partial charge in [-0.15, -0.1) is 0 Å². The van der Waals surface area contributed by atoms with Gasteiger partial charge in [0.25, 0.3) is 0 Å². The minimum absolute atomic E-state index is 0.141. The molecule has 5 nitrogen and oxygen atoms in total. The molecule has 22 heavy (non-hydrogen) atoms. The predicted molar refractivity (Wildman–Crippen MR) is 86.0 cm³/mol. The molecule has 0 heterocycles. The maximum Gasteiger partial charge on any atom is 0.324 e. The molecule has 0 aliphatic carbocycles. The van der Waals surface area contributed by atoms with Gasteiger partial charge in [0.1, 0.15) is 11.6 Å². The van der Waals surface area contributed by atoms with Crippen molar-refractivity contribution in [3.63, 3.8) is 0 Å². The van der Waals surface area contributed by atoms with E-state index in [9.17, 15) is 13.2 Å². The molecule has 0 aromatic heterocycles. The minimum Gasteiger partial charge on any atom is -0.459 e. The van der Waals surface area contributed by atoms with Gasteiger partial charge in [0.05, 0.1) is 4.90 Å². The lowest BCUT2D eigenvalue weighted by molar-refractivity contribution is -0.157. The van der Waals surface area contributed by atoms with Crippen LogP contribution in [0.1, 0.15) is 46.1 Å². The molecule has 1 rings (SSSR count). The van der Waals surface area contributed by atoms with Crippen molar-refractivity contribution in [1.82, 2.24) is 4.72 Å². The topological polar surface area (TPSA) is 72.5 Å². The summed E-state index contributed by atoms with van der Waals surface area (Å²) in [5.74, 6) is -0.551. The van der Waals surface area contributed by atoms with Gasteiger partial charge >= 0.3 is 5.97 Å². The Morgan fingerprint density at radius 2 is 1.77 bits per heavy atom. The number of esters is 1. The van der Waals surface area contributed by atoms with Crippen LogP contribution < -0.4 is 4.72 Å². The van der Waals surface area contributed by atoms with Gasteiger partial charge in [-0.1, -0.05) is 31.0 Å². The summed E-state index contributed by atoms with van der Waals surface area (Å²) in [4.78, 5) is 12.3. The highest BCUT2D eigenvalue weighted by molar-refractivity contribution is 7.89. The van der Waals surface area contributed by atoms with Crippen molar-refractivity contribution < 1.29 is 17.9 Å². The van der Waals surface area contributed by atoms with Gasteiger partial charge < -0.3 is 4.74 Å². The SMILES string of the molecule is CCCC(NS(=O)(=O)c1ccc(C)cc1)C(=O)OC(C)(C)C. The Balaban J connectivity index is 2.94. The summed E-state index contributed by atoms with van der Waals surface area (Å²) >= 11 is 0. The molecule has 1 aromatic carbocycles. The Morgan fingerprint density at radius 1 is 1.23 bits per heavy atom. The average molecular weight is 327 g/mol. The normalized spacial score (nSPS) is 13.7. The number of rotatable bonds is 6. The first-order valence-electron chi connectivity index (χ1n) is 7.37. The highest BCUT2D eigenvalue weighted by Crippen LogP contribution is 2.15. The van der Waals surface area contributed by atoms with E-state index < -0.39 is 27.6 Å². The molecule has 1 aromatic rings. The summed E-state index contributed by atoms with van der Waals surface area (Å²) in [6.45, 7) is 9.02. The van der Waals surface area contributed by atoms with Gasteiger partial charge in [0.2, 0.25) is 10.0 Å². The second-order valence-corrected chi connectivity index (χ2v) is 8.02. The van der Waals surface area contributed by atoms with E-state index in [2.05, 4.69) is 4.72 Å². The maximum absolute atomic E-state index is 12.4. The van der Waals surface area contributed by atoms with Gasteiger partial charge in [0, 0.05) is 0 Å². The van der Waals surface area contributed by atoms with Crippen molar-refractivity contribution in [2.45, 2.75) is 64.0 Å². The van der Waals surface area contributed by atoms with Gasteiger partial charge in [-0.3, -0.25) is 4.79 Å². The van der Waals surface area contributed by atoms with Crippen molar-refractivity contribution in [3.8, 4) is 0 Å². The molecule has 0 aliphatic rings. The monoisotopic (exact) mass is 327 g/mol. The van der Waals surface area contributed by atoms with Crippen LogP contribution in [0.4, 0.5) is 0 Å². The number of nitrogens with one attached hydrogen (secondary N) is 1. The van der Waals surface area contributed by atoms with Gasteiger partial charge in [-0.2, -0.15) is 4.72 Å². The van der Waals surface area contributed by atoms with Gasteiger partial charge in [-0.05, 0) is 46.2 Å². The molecule has 0 aliphatic heterocycles. The number of hydrogen-bond donors (Lipinski definition) is 1. The van der Waals surface area contributed by atoms with E-state index in [-0.39, 0.29) is 4.90 Å². The van der Waals surface area contributed by atoms with Crippen molar-refractivity contribution in [3.05, 3.63) is 29.8 Å². The number of ether oxygens (including phenoxy) is 1. The number of sulfonamides is 1. The average Bonchev–Trinajstić information content (AvgIpc) is 2.36. The summed E-state index contributed by atoms with van der Waals surface area (Å²) in [6.07, 6.45) is 1.06. The van der Waals surface area contributed by atoms with Crippen LogP contribution in [0.3, 0.4) is 0 Å². The van der Waals surface area contributed by atoms with Crippen LogP contribution in [0.15, 0.2) is 29.2 Å². The summed E-state index contributed by atoms with van der Waals surface area (Å²) in [5, 5.41) is 0. The number of benzene rings is 1. The van der Waals surface area contributed by atoms with Crippen LogP contribution >= 0.6 is 0 Å². The molecule has 0 spiro atoms. The van der Waals surface area contributed by atoms with Crippen LogP contribution in [-0.4, -0.2) is 26.0 Å². The fourth-order valence-electron chi connectivity index (χ4n) is 1.86. The standard InChI is InChI=1S/C16H25NO4S/c1-6-7-14(15(18)21-16(3,4)5)17-22(19,20)13-10-8-12(2)9-11-13/h8-11,14,17H,6-7H2,1-5H3. The number of carbonyl (C=O) groups is 1. The van der Waals surface area contributed by atoms with Crippen LogP contribution in [0, 0.1) is 6.92 Å². The van der Waals surface area contributed by atoms with E-state index >= 15 is 0 Å². The summed E-state index contributed by atoms with van der Waals surface area (Å²) in [5.41, 5.74) is 0.314. The first-order chi connectivity index (χ1) is 10.0.